The number of hydrogen-bond donors (Lipinski definition) is 2. The lowest BCUT2D eigenvalue weighted by Crippen LogP contribution is -2.33. The number of fused-ring (bicyclic) bond motifs is 1. The van der Waals surface area contributed by atoms with E-state index in [0.717, 1.165) is 38.2 Å². The zero-order valence-corrected chi connectivity index (χ0v) is 19.4. The Bertz CT molecular complexity index is 1410. The van der Waals surface area contributed by atoms with Crippen LogP contribution in [0, 0.1) is 11.3 Å². The van der Waals surface area contributed by atoms with Crippen LogP contribution in [-0.2, 0) is 4.74 Å². The van der Waals surface area contributed by atoms with Crippen molar-refractivity contribution in [1.29, 1.82) is 5.26 Å². The number of nitrogens with two attached hydrogens (primary N) is 1. The lowest BCUT2D eigenvalue weighted by molar-refractivity contribution is 0.0452. The molecule has 172 valence electrons. The molecule has 1 fully saturated rings. The molecule has 0 bridgehead atoms. The fraction of sp³-hybridized carbons (Fsp3) is 0.304. The third kappa shape index (κ3) is 4.15. The number of amides is 1. The van der Waals surface area contributed by atoms with E-state index in [1.54, 1.807) is 23.0 Å². The minimum absolute atomic E-state index is 0.149. The molecule has 0 atom stereocenters. The van der Waals surface area contributed by atoms with Crippen LogP contribution in [0.15, 0.2) is 36.7 Å². The molecule has 0 aliphatic heterocycles. The number of pyridine rings is 1. The van der Waals surface area contributed by atoms with Crippen LogP contribution in [0.5, 0.6) is 0 Å². The van der Waals surface area contributed by atoms with Crippen LogP contribution in [0.4, 0.5) is 10.5 Å². The third-order valence-corrected chi connectivity index (χ3v) is 6.76. The second-order valence-electron chi connectivity index (χ2n) is 8.50. The lowest BCUT2D eigenvalue weighted by atomic mass is 9.83. The molecule has 1 aliphatic rings. The van der Waals surface area contributed by atoms with E-state index in [2.05, 4.69) is 40.5 Å². The van der Waals surface area contributed by atoms with Crippen LogP contribution >= 0.6 is 11.3 Å². The van der Waals surface area contributed by atoms with Crippen molar-refractivity contribution >= 4 is 28.6 Å². The van der Waals surface area contributed by atoms with Crippen molar-refractivity contribution in [3.05, 3.63) is 47.2 Å². The topological polar surface area (TPSA) is 144 Å². The molecule has 10 nitrogen and oxygen atoms in total. The highest BCUT2D eigenvalue weighted by Crippen LogP contribution is 2.42. The number of rotatable bonds is 6. The summed E-state index contributed by atoms with van der Waals surface area (Å²) in [6.07, 6.45) is 3.85. The van der Waals surface area contributed by atoms with Gasteiger partial charge in [0.1, 0.15) is 17.2 Å². The van der Waals surface area contributed by atoms with Gasteiger partial charge in [0.2, 0.25) is 0 Å². The van der Waals surface area contributed by atoms with Crippen molar-refractivity contribution in [2.45, 2.75) is 44.8 Å². The Morgan fingerprint density at radius 2 is 2.12 bits per heavy atom. The maximum absolute atomic E-state index is 10.9. The molecule has 3 N–H and O–H groups in total. The maximum Gasteiger partial charge on any atom is 0.404 e. The van der Waals surface area contributed by atoms with Crippen LogP contribution < -0.4 is 11.1 Å². The van der Waals surface area contributed by atoms with Crippen molar-refractivity contribution in [3.8, 4) is 28.0 Å². The molecule has 4 aromatic heterocycles. The van der Waals surface area contributed by atoms with Gasteiger partial charge in [-0.15, -0.1) is 10.2 Å². The highest BCUT2D eigenvalue weighted by molar-refractivity contribution is 7.14. The summed E-state index contributed by atoms with van der Waals surface area (Å²) >= 11 is 1.52. The molecule has 4 aromatic rings. The molecule has 1 aliphatic carbocycles. The number of nitrogens with zero attached hydrogens (tertiary/aromatic N) is 6. The van der Waals surface area contributed by atoms with E-state index in [4.69, 9.17) is 20.7 Å². The fourth-order valence-electron chi connectivity index (χ4n) is 3.99. The van der Waals surface area contributed by atoms with E-state index in [1.165, 1.54) is 11.3 Å². The molecule has 0 radical (unpaired) electrons. The van der Waals surface area contributed by atoms with Crippen LogP contribution in [-0.4, -0.2) is 43.0 Å². The summed E-state index contributed by atoms with van der Waals surface area (Å²) in [5, 5.41) is 27.5. The summed E-state index contributed by atoms with van der Waals surface area (Å²) in [6.45, 7) is 4.14. The van der Waals surface area contributed by atoms with E-state index < -0.39 is 6.09 Å². The number of carbonyl (C=O) groups is 1. The Balaban J connectivity index is 1.45. The average Bonchev–Trinajstić information content (AvgIpc) is 3.42. The van der Waals surface area contributed by atoms with Gasteiger partial charge in [0.05, 0.1) is 34.2 Å². The summed E-state index contributed by atoms with van der Waals surface area (Å²) in [4.78, 5) is 15.6. The van der Waals surface area contributed by atoms with Crippen molar-refractivity contribution in [2.24, 2.45) is 5.73 Å². The molecular weight excluding hydrogens is 452 g/mol. The Morgan fingerprint density at radius 1 is 1.29 bits per heavy atom. The zero-order valence-electron chi connectivity index (χ0n) is 18.6. The SMILES string of the molecule is CC(C)Nc1cc(-c2ccc3cc(C#N)cnn23)ncc1-c1nnc([C@H]2C[C@H](OC(N)=O)C2)s1. The number of primary amides is 1. The summed E-state index contributed by atoms with van der Waals surface area (Å²) in [6, 6.07) is 9.94. The number of nitrogens with one attached hydrogen (secondary N) is 1. The van der Waals surface area contributed by atoms with Crippen LogP contribution in [0.3, 0.4) is 0 Å². The number of carbonyl (C=O) groups excluding carboxylic acids is 1. The van der Waals surface area contributed by atoms with Crippen molar-refractivity contribution in [3.63, 3.8) is 0 Å². The number of nitriles is 1. The summed E-state index contributed by atoms with van der Waals surface area (Å²) < 4.78 is 6.81. The van der Waals surface area contributed by atoms with E-state index in [1.807, 2.05) is 18.2 Å². The normalized spacial score (nSPS) is 17.4. The summed E-state index contributed by atoms with van der Waals surface area (Å²) in [5.74, 6) is 0.209. The Hall–Kier alpha value is -4.04. The maximum atomic E-state index is 10.9. The number of ether oxygens (including phenoxy) is 1. The largest absolute Gasteiger partial charge is 0.446 e. The van der Waals surface area contributed by atoms with Crippen molar-refractivity contribution in [1.82, 2.24) is 24.8 Å². The van der Waals surface area contributed by atoms with E-state index in [-0.39, 0.29) is 18.1 Å². The average molecular weight is 475 g/mol. The minimum atomic E-state index is -0.742. The highest BCUT2D eigenvalue weighted by Gasteiger charge is 2.35. The van der Waals surface area contributed by atoms with Crippen LogP contribution in [0.2, 0.25) is 0 Å². The van der Waals surface area contributed by atoms with Gasteiger partial charge in [-0.3, -0.25) is 4.98 Å². The predicted octanol–water partition coefficient (Wildman–Crippen LogP) is 3.95. The summed E-state index contributed by atoms with van der Waals surface area (Å²) in [7, 11) is 0. The molecule has 0 unspecified atom stereocenters. The van der Waals surface area contributed by atoms with Gasteiger partial charge in [-0.1, -0.05) is 11.3 Å². The first kappa shape index (κ1) is 21.8. The van der Waals surface area contributed by atoms with Gasteiger partial charge in [0, 0.05) is 23.8 Å². The lowest BCUT2D eigenvalue weighted by Gasteiger charge is -2.32. The Labute approximate surface area is 199 Å². The molecule has 34 heavy (non-hydrogen) atoms. The second kappa shape index (κ2) is 8.72. The van der Waals surface area contributed by atoms with Gasteiger partial charge in [-0.2, -0.15) is 10.4 Å². The van der Waals surface area contributed by atoms with Gasteiger partial charge in [0.25, 0.3) is 0 Å². The molecule has 0 aromatic carbocycles. The number of anilines is 1. The van der Waals surface area contributed by atoms with E-state index in [9.17, 15) is 4.79 Å². The first-order valence-corrected chi connectivity index (χ1v) is 11.7. The molecule has 4 heterocycles. The molecule has 1 amide bonds. The van der Waals surface area contributed by atoms with Crippen LogP contribution in [0.25, 0.3) is 27.5 Å². The minimum Gasteiger partial charge on any atom is -0.446 e. The first-order valence-electron chi connectivity index (χ1n) is 10.9. The second-order valence-corrected chi connectivity index (χ2v) is 9.51. The van der Waals surface area contributed by atoms with Gasteiger partial charge < -0.3 is 15.8 Å². The molecule has 11 heteroatoms. The van der Waals surface area contributed by atoms with Gasteiger partial charge >= 0.3 is 6.09 Å². The highest BCUT2D eigenvalue weighted by atomic mass is 32.1. The standard InChI is InChI=1S/C23H22N8O2S/c1-12(2)28-18-8-19(20-4-3-15-5-13(9-24)10-27-31(15)20)26-11-17(18)22-30-29-21(34-22)14-6-16(7-14)33-23(25)32/h3-5,8,10-12,14,16H,6-7H2,1-2H3,(H2,25,32)(H,26,28)/t14-,16-. The van der Waals surface area contributed by atoms with E-state index >= 15 is 0 Å². The quantitative estimate of drug-likeness (QED) is 0.427. The van der Waals surface area contributed by atoms with Crippen molar-refractivity contribution in [2.75, 3.05) is 5.32 Å². The monoisotopic (exact) mass is 474 g/mol. The Kier molecular flexibility index (Phi) is 5.59. The number of aromatic nitrogens is 5. The molecule has 5 rings (SSSR count). The first-order chi connectivity index (χ1) is 16.4. The molecule has 0 spiro atoms. The van der Waals surface area contributed by atoms with Crippen molar-refractivity contribution < 1.29 is 9.53 Å². The predicted molar refractivity (Wildman–Crippen MR) is 127 cm³/mol. The van der Waals surface area contributed by atoms with Crippen LogP contribution in [0.1, 0.15) is 43.2 Å². The fourth-order valence-corrected chi connectivity index (χ4v) is 4.98. The zero-order chi connectivity index (χ0) is 23.8. The van der Waals surface area contributed by atoms with E-state index in [0.29, 0.717) is 18.4 Å². The molecular formula is C23H22N8O2S. The van der Waals surface area contributed by atoms with Gasteiger partial charge in [-0.05, 0) is 51.0 Å². The van der Waals surface area contributed by atoms with Gasteiger partial charge in [0.15, 0.2) is 5.01 Å². The molecule has 0 saturated heterocycles. The Morgan fingerprint density at radius 3 is 2.85 bits per heavy atom. The smallest absolute Gasteiger partial charge is 0.404 e. The van der Waals surface area contributed by atoms with Gasteiger partial charge in [-0.25, -0.2) is 9.31 Å². The summed E-state index contributed by atoms with van der Waals surface area (Å²) in [5.41, 5.74) is 9.77. The molecule has 1 saturated carbocycles. The number of hydrogen-bond acceptors (Lipinski definition) is 9. The third-order valence-electron chi connectivity index (χ3n) is 5.64.